The van der Waals surface area contributed by atoms with E-state index in [1.54, 1.807) is 25.4 Å². The molecule has 118 valence electrons. The van der Waals surface area contributed by atoms with Crippen LogP contribution in [0.15, 0.2) is 24.5 Å². The van der Waals surface area contributed by atoms with Crippen molar-refractivity contribution in [3.8, 4) is 10.6 Å². The van der Waals surface area contributed by atoms with E-state index in [1.165, 1.54) is 11.3 Å². The number of thiazole rings is 1. The van der Waals surface area contributed by atoms with E-state index in [0.29, 0.717) is 10.0 Å². The summed E-state index contributed by atoms with van der Waals surface area (Å²) >= 11 is 7.23. The molecule has 22 heavy (non-hydrogen) atoms. The fourth-order valence-corrected chi connectivity index (χ4v) is 3.96. The minimum Gasteiger partial charge on any atom is -0.315 e. The van der Waals surface area contributed by atoms with E-state index in [4.69, 9.17) is 11.6 Å². The number of nitrogens with zero attached hydrogens (tertiary/aromatic N) is 2. The number of rotatable bonds is 5. The highest BCUT2D eigenvalue weighted by molar-refractivity contribution is 7.90. The zero-order valence-corrected chi connectivity index (χ0v) is 14.3. The number of halogens is 1. The molecule has 2 aromatic rings. The van der Waals surface area contributed by atoms with E-state index < -0.39 is 21.7 Å². The second-order valence-electron chi connectivity index (χ2n) is 4.86. The second-order valence-corrected chi connectivity index (χ2v) is 8.41. The molecule has 0 aromatic carbocycles. The van der Waals surface area contributed by atoms with Gasteiger partial charge in [-0.05, 0) is 12.1 Å². The quantitative estimate of drug-likeness (QED) is 0.885. The predicted molar refractivity (Wildman–Crippen MR) is 87.9 cm³/mol. The molecule has 0 spiro atoms. The van der Waals surface area contributed by atoms with Crippen molar-refractivity contribution in [2.24, 2.45) is 5.92 Å². The summed E-state index contributed by atoms with van der Waals surface area (Å²) in [4.78, 5) is 20.2. The third-order valence-electron chi connectivity index (χ3n) is 2.73. The lowest BCUT2D eigenvalue weighted by molar-refractivity contribution is -0.118. The number of hydrogen-bond acceptors (Lipinski definition) is 6. The molecule has 0 saturated carbocycles. The molecule has 0 fully saturated rings. The van der Waals surface area contributed by atoms with Gasteiger partial charge in [0.1, 0.15) is 19.8 Å². The number of carbonyl (C=O) groups is 1. The largest absolute Gasteiger partial charge is 0.315 e. The Hall–Kier alpha value is -1.51. The Balaban J connectivity index is 2.14. The summed E-state index contributed by atoms with van der Waals surface area (Å²) in [6.07, 6.45) is 4.39. The van der Waals surface area contributed by atoms with Gasteiger partial charge in [-0.25, -0.2) is 13.4 Å². The van der Waals surface area contributed by atoms with Crippen molar-refractivity contribution in [1.29, 1.82) is 0 Å². The van der Waals surface area contributed by atoms with E-state index in [1.807, 2.05) is 6.07 Å². The van der Waals surface area contributed by atoms with Crippen LogP contribution in [0.25, 0.3) is 10.6 Å². The van der Waals surface area contributed by atoms with Gasteiger partial charge in [-0.3, -0.25) is 9.78 Å². The first-order valence-corrected chi connectivity index (χ1v) is 9.57. The molecule has 0 aliphatic rings. The number of pyridine rings is 1. The van der Waals surface area contributed by atoms with Gasteiger partial charge in [0, 0.05) is 30.1 Å². The molecule has 0 aliphatic heterocycles. The average molecular weight is 360 g/mol. The normalized spacial score (nSPS) is 12.9. The van der Waals surface area contributed by atoms with E-state index in [2.05, 4.69) is 15.3 Å². The summed E-state index contributed by atoms with van der Waals surface area (Å²) in [5.41, 5.74) is 0.791. The lowest BCUT2D eigenvalue weighted by Gasteiger charge is -2.09. The molecule has 1 atom stereocenters. The molecular weight excluding hydrogens is 346 g/mol. The first-order valence-electron chi connectivity index (χ1n) is 6.31. The number of sulfone groups is 1. The number of carbonyl (C=O) groups excluding carboxylic acids is 1. The molecule has 2 rings (SSSR count). The first kappa shape index (κ1) is 16.9. The predicted octanol–water partition coefficient (Wildman–Crippen LogP) is 2.48. The van der Waals surface area contributed by atoms with E-state index in [0.717, 1.165) is 11.8 Å². The van der Waals surface area contributed by atoms with Crippen LogP contribution in [0.4, 0.5) is 5.00 Å². The highest BCUT2D eigenvalue weighted by atomic mass is 35.5. The third-order valence-corrected chi connectivity index (χ3v) is 5.24. The summed E-state index contributed by atoms with van der Waals surface area (Å²) in [5.74, 6) is -1.30. The van der Waals surface area contributed by atoms with Crippen molar-refractivity contribution >= 4 is 43.7 Å². The highest BCUT2D eigenvalue weighted by Crippen LogP contribution is 2.34. The maximum absolute atomic E-state index is 12.0. The molecule has 6 nitrogen and oxygen atoms in total. The summed E-state index contributed by atoms with van der Waals surface area (Å²) < 4.78 is 22.5. The van der Waals surface area contributed by atoms with Gasteiger partial charge < -0.3 is 5.32 Å². The van der Waals surface area contributed by atoms with E-state index in [-0.39, 0.29) is 10.9 Å². The smallest absolute Gasteiger partial charge is 0.228 e. The molecule has 0 saturated heterocycles. The molecule has 2 aromatic heterocycles. The summed E-state index contributed by atoms with van der Waals surface area (Å²) in [6, 6.07) is 3.61. The van der Waals surface area contributed by atoms with Crippen LogP contribution < -0.4 is 5.32 Å². The Morgan fingerprint density at radius 2 is 2.23 bits per heavy atom. The van der Waals surface area contributed by atoms with Crippen LogP contribution in [0.5, 0.6) is 0 Å². The fraction of sp³-hybridized carbons (Fsp3) is 0.308. The summed E-state index contributed by atoms with van der Waals surface area (Å²) in [5, 5.41) is 3.82. The summed E-state index contributed by atoms with van der Waals surface area (Å²) in [6.45, 7) is 1.55. The first-order chi connectivity index (χ1) is 10.3. The molecule has 0 bridgehead atoms. The SMILES string of the molecule is CC(CS(C)(=O)=O)C(=O)Nc1sc(-c2cccnc2)nc1Cl. The number of nitrogens with one attached hydrogen (secondary N) is 1. The third kappa shape index (κ3) is 4.49. The zero-order valence-electron chi connectivity index (χ0n) is 11.9. The molecule has 1 N–H and O–H groups in total. The van der Waals surface area contributed by atoms with Gasteiger partial charge in [-0.15, -0.1) is 0 Å². The zero-order chi connectivity index (χ0) is 16.3. The van der Waals surface area contributed by atoms with Gasteiger partial charge in [0.25, 0.3) is 0 Å². The van der Waals surface area contributed by atoms with Crippen molar-refractivity contribution in [2.45, 2.75) is 6.92 Å². The lowest BCUT2D eigenvalue weighted by Crippen LogP contribution is -2.26. The molecule has 1 unspecified atom stereocenters. The van der Waals surface area contributed by atoms with Crippen molar-refractivity contribution in [3.05, 3.63) is 29.7 Å². The van der Waals surface area contributed by atoms with Gasteiger partial charge in [0.15, 0.2) is 5.15 Å². The molecule has 9 heteroatoms. The van der Waals surface area contributed by atoms with Crippen molar-refractivity contribution < 1.29 is 13.2 Å². The summed E-state index contributed by atoms with van der Waals surface area (Å²) in [7, 11) is -3.22. The Labute approximate surface area is 137 Å². The highest BCUT2D eigenvalue weighted by Gasteiger charge is 2.21. The van der Waals surface area contributed by atoms with Crippen LogP contribution in [-0.4, -0.2) is 36.3 Å². The van der Waals surface area contributed by atoms with Crippen LogP contribution in [0.3, 0.4) is 0 Å². The number of hydrogen-bond donors (Lipinski definition) is 1. The van der Waals surface area contributed by atoms with Crippen LogP contribution >= 0.6 is 22.9 Å². The lowest BCUT2D eigenvalue weighted by atomic mass is 10.2. The molecule has 0 radical (unpaired) electrons. The monoisotopic (exact) mass is 359 g/mol. The van der Waals surface area contributed by atoms with Gasteiger partial charge in [-0.1, -0.05) is 29.9 Å². The molecule has 1 amide bonds. The molecular formula is C13H14ClN3O3S2. The average Bonchev–Trinajstić information content (AvgIpc) is 2.79. The minimum atomic E-state index is -3.22. The molecule has 0 aliphatic carbocycles. The maximum atomic E-state index is 12.0. The van der Waals surface area contributed by atoms with Crippen molar-refractivity contribution in [2.75, 3.05) is 17.3 Å². The van der Waals surface area contributed by atoms with Gasteiger partial charge in [0.2, 0.25) is 5.91 Å². The number of aromatic nitrogens is 2. The Morgan fingerprint density at radius 1 is 1.50 bits per heavy atom. The van der Waals surface area contributed by atoms with Gasteiger partial charge in [-0.2, -0.15) is 0 Å². The van der Waals surface area contributed by atoms with E-state index in [9.17, 15) is 13.2 Å². The van der Waals surface area contributed by atoms with Crippen LogP contribution in [-0.2, 0) is 14.6 Å². The Bertz CT molecular complexity index is 775. The second kappa shape index (κ2) is 6.72. The standard InChI is InChI=1S/C13H14ClN3O3S2/c1-8(7-22(2,19)20)11(18)17-13-10(14)16-12(21-13)9-4-3-5-15-6-9/h3-6,8H,7H2,1-2H3,(H,17,18). The Kier molecular flexibility index (Phi) is 5.15. The van der Waals surface area contributed by atoms with Gasteiger partial charge in [0.05, 0.1) is 5.75 Å². The maximum Gasteiger partial charge on any atom is 0.228 e. The topological polar surface area (TPSA) is 89.0 Å². The van der Waals surface area contributed by atoms with Gasteiger partial charge >= 0.3 is 0 Å². The number of amides is 1. The van der Waals surface area contributed by atoms with Crippen LogP contribution in [0, 0.1) is 5.92 Å². The van der Waals surface area contributed by atoms with Crippen molar-refractivity contribution in [1.82, 2.24) is 9.97 Å². The Morgan fingerprint density at radius 3 is 2.82 bits per heavy atom. The molecule has 2 heterocycles. The minimum absolute atomic E-state index is 0.170. The van der Waals surface area contributed by atoms with Crippen LogP contribution in [0.1, 0.15) is 6.92 Å². The number of anilines is 1. The van der Waals surface area contributed by atoms with Crippen LogP contribution in [0.2, 0.25) is 5.15 Å². The fourth-order valence-electron chi connectivity index (χ4n) is 1.76. The van der Waals surface area contributed by atoms with E-state index >= 15 is 0 Å². The van der Waals surface area contributed by atoms with Crippen molar-refractivity contribution in [3.63, 3.8) is 0 Å².